The molecule has 2 heterocycles. The van der Waals surface area contributed by atoms with E-state index in [2.05, 4.69) is 10.3 Å². The van der Waals surface area contributed by atoms with Crippen molar-refractivity contribution in [2.24, 2.45) is 0 Å². The average Bonchev–Trinajstić information content (AvgIpc) is 3.32. The normalized spacial score (nSPS) is 23.6. The Morgan fingerprint density at radius 1 is 0.973 bits per heavy atom. The number of fused-ring (bicyclic) bond motifs is 2. The number of carbonyl (C=O) groups excluding carboxylic acids is 2. The second kappa shape index (κ2) is 9.89. The first kappa shape index (κ1) is 24.1. The lowest BCUT2D eigenvalue weighted by molar-refractivity contribution is -0.119. The van der Waals surface area contributed by atoms with E-state index in [0.29, 0.717) is 47.0 Å². The van der Waals surface area contributed by atoms with E-state index in [9.17, 15) is 14.7 Å². The van der Waals surface area contributed by atoms with Gasteiger partial charge in [-0.15, -0.1) is 0 Å². The maximum atomic E-state index is 14.1. The summed E-state index contributed by atoms with van der Waals surface area (Å²) < 4.78 is 0.994. The molecule has 1 fully saturated rings. The van der Waals surface area contributed by atoms with Gasteiger partial charge in [0.2, 0.25) is 5.91 Å². The van der Waals surface area contributed by atoms with E-state index in [1.54, 1.807) is 18.2 Å². The summed E-state index contributed by atoms with van der Waals surface area (Å²) in [4.78, 5) is 34.6. The molecule has 0 bridgehead atoms. The maximum absolute atomic E-state index is 14.1. The lowest BCUT2D eigenvalue weighted by Gasteiger charge is -2.47. The molecule has 2 atom stereocenters. The van der Waals surface area contributed by atoms with Crippen LogP contribution in [-0.4, -0.2) is 39.0 Å². The van der Waals surface area contributed by atoms with Crippen LogP contribution in [0.5, 0.6) is 0 Å². The van der Waals surface area contributed by atoms with Gasteiger partial charge in [0.1, 0.15) is 0 Å². The number of benzene rings is 3. The molecule has 3 aromatic carbocycles. The van der Waals surface area contributed by atoms with Gasteiger partial charge in [0, 0.05) is 16.6 Å². The topological polar surface area (TPSA) is 82.5 Å². The van der Waals surface area contributed by atoms with Gasteiger partial charge in [-0.25, -0.2) is 4.98 Å². The molecule has 188 valence electrons. The summed E-state index contributed by atoms with van der Waals surface area (Å²) in [7, 11) is 0. The van der Waals surface area contributed by atoms with Crippen molar-refractivity contribution < 1.29 is 14.7 Å². The van der Waals surface area contributed by atoms with Gasteiger partial charge in [0.15, 0.2) is 5.13 Å². The van der Waals surface area contributed by atoms with Gasteiger partial charge in [-0.1, -0.05) is 65.4 Å². The highest BCUT2D eigenvalue weighted by atomic mass is 35.5. The number of rotatable bonds is 4. The third kappa shape index (κ3) is 4.52. The summed E-state index contributed by atoms with van der Waals surface area (Å²) in [5.74, 6) is -0.935. The number of carbonyl (C=O) groups is 2. The van der Waals surface area contributed by atoms with Crippen LogP contribution in [0.2, 0.25) is 5.02 Å². The second-order valence-corrected chi connectivity index (χ2v) is 11.2. The van der Waals surface area contributed by atoms with Crippen LogP contribution in [0.25, 0.3) is 10.2 Å². The highest BCUT2D eigenvalue weighted by Crippen LogP contribution is 2.46. The van der Waals surface area contributed by atoms with E-state index < -0.39 is 12.0 Å². The Bertz CT molecular complexity index is 1430. The first-order chi connectivity index (χ1) is 18.0. The summed E-state index contributed by atoms with van der Waals surface area (Å²) >= 11 is 7.64. The highest BCUT2D eigenvalue weighted by Gasteiger charge is 2.47. The number of aliphatic hydroxyl groups is 1. The van der Waals surface area contributed by atoms with Crippen molar-refractivity contribution in [2.45, 2.75) is 49.8 Å². The summed E-state index contributed by atoms with van der Waals surface area (Å²) in [5.41, 5.74) is 2.93. The van der Waals surface area contributed by atoms with Crippen LogP contribution in [0, 0.1) is 0 Å². The SMILES string of the molecule is O=C(Nc1nc2ccccc2s1)C1c2ccccc2C(=O)N([C@H]2CC[C@H](O)CC2)[C@H]1c1ccc(Cl)cc1. The fraction of sp³-hybridized carbons (Fsp3) is 0.276. The molecule has 2 aliphatic rings. The smallest absolute Gasteiger partial charge is 0.254 e. The molecule has 0 saturated heterocycles. The van der Waals surface area contributed by atoms with Crippen molar-refractivity contribution in [3.63, 3.8) is 0 Å². The number of hydrogen-bond donors (Lipinski definition) is 2. The van der Waals surface area contributed by atoms with Gasteiger partial charge in [0.05, 0.1) is 28.3 Å². The molecule has 4 aromatic rings. The van der Waals surface area contributed by atoms with E-state index in [1.807, 2.05) is 59.5 Å². The zero-order valence-electron chi connectivity index (χ0n) is 20.0. The molecule has 2 amide bonds. The molecule has 6 nitrogen and oxygen atoms in total. The number of nitrogens with one attached hydrogen (secondary N) is 1. The number of amides is 2. The van der Waals surface area contributed by atoms with Crippen LogP contribution in [0.1, 0.15) is 59.1 Å². The lowest BCUT2D eigenvalue weighted by Crippen LogP contribution is -2.51. The van der Waals surface area contributed by atoms with Gasteiger partial charge in [0.25, 0.3) is 5.91 Å². The summed E-state index contributed by atoms with van der Waals surface area (Å²) in [5, 5.41) is 14.3. The van der Waals surface area contributed by atoms with Crippen LogP contribution < -0.4 is 5.32 Å². The Kier molecular flexibility index (Phi) is 6.44. The van der Waals surface area contributed by atoms with Crippen molar-refractivity contribution >= 4 is 50.1 Å². The lowest BCUT2D eigenvalue weighted by atomic mass is 9.77. The van der Waals surface area contributed by atoms with Crippen LogP contribution in [0.3, 0.4) is 0 Å². The number of para-hydroxylation sites is 1. The number of nitrogens with zero attached hydrogens (tertiary/aromatic N) is 2. The molecule has 1 aromatic heterocycles. The quantitative estimate of drug-likeness (QED) is 0.330. The van der Waals surface area contributed by atoms with E-state index in [-0.39, 0.29) is 24.0 Å². The maximum Gasteiger partial charge on any atom is 0.254 e. The standard InChI is InChI=1S/C29H26ClN3O3S/c30-18-11-9-17(10-12-18)26-25(27(35)32-29-31-23-7-3-4-8-24(23)37-29)21-5-1-2-6-22(21)28(36)33(26)19-13-15-20(34)16-14-19/h1-12,19-20,25-26,34H,13-16H2,(H,31,32,35)/t19-,20-,25?,26-/m0/s1. The minimum atomic E-state index is -0.645. The zero-order valence-corrected chi connectivity index (χ0v) is 21.6. The first-order valence-corrected chi connectivity index (χ1v) is 13.7. The largest absolute Gasteiger partial charge is 0.393 e. The fourth-order valence-corrected chi connectivity index (χ4v) is 6.69. The molecule has 6 rings (SSSR count). The number of anilines is 1. The van der Waals surface area contributed by atoms with E-state index >= 15 is 0 Å². The Balaban J connectivity index is 1.46. The Labute approximate surface area is 223 Å². The summed E-state index contributed by atoms with van der Waals surface area (Å²) in [6.45, 7) is 0. The third-order valence-electron chi connectivity index (χ3n) is 7.45. The molecule has 8 heteroatoms. The van der Waals surface area contributed by atoms with Crippen molar-refractivity contribution in [1.29, 1.82) is 0 Å². The molecule has 1 saturated carbocycles. The van der Waals surface area contributed by atoms with Crippen molar-refractivity contribution in [3.05, 3.63) is 94.5 Å². The minimum Gasteiger partial charge on any atom is -0.393 e. The first-order valence-electron chi connectivity index (χ1n) is 12.5. The fourth-order valence-electron chi connectivity index (χ4n) is 5.69. The predicted molar refractivity (Wildman–Crippen MR) is 146 cm³/mol. The molecule has 0 radical (unpaired) electrons. The molecule has 1 aliphatic heterocycles. The number of aromatic nitrogens is 1. The second-order valence-electron chi connectivity index (χ2n) is 9.71. The van der Waals surface area contributed by atoms with Crippen LogP contribution in [-0.2, 0) is 4.79 Å². The van der Waals surface area contributed by atoms with Gasteiger partial charge in [-0.2, -0.15) is 0 Å². The van der Waals surface area contributed by atoms with Gasteiger partial charge < -0.3 is 15.3 Å². The Hall–Kier alpha value is -3.26. The molecule has 37 heavy (non-hydrogen) atoms. The molecule has 2 N–H and O–H groups in total. The number of thiazole rings is 1. The van der Waals surface area contributed by atoms with E-state index in [4.69, 9.17) is 11.6 Å². The average molecular weight is 532 g/mol. The molecular weight excluding hydrogens is 506 g/mol. The van der Waals surface area contributed by atoms with Gasteiger partial charge >= 0.3 is 0 Å². The third-order valence-corrected chi connectivity index (χ3v) is 8.66. The van der Waals surface area contributed by atoms with Crippen LogP contribution in [0.4, 0.5) is 5.13 Å². The molecule has 1 aliphatic carbocycles. The van der Waals surface area contributed by atoms with Crippen molar-refractivity contribution in [1.82, 2.24) is 9.88 Å². The minimum absolute atomic E-state index is 0.0808. The monoisotopic (exact) mass is 531 g/mol. The van der Waals surface area contributed by atoms with Gasteiger partial charge in [-0.3, -0.25) is 9.59 Å². The molecule has 1 unspecified atom stereocenters. The van der Waals surface area contributed by atoms with E-state index in [1.165, 1.54) is 11.3 Å². The zero-order chi connectivity index (χ0) is 25.5. The summed E-state index contributed by atoms with van der Waals surface area (Å²) in [6, 6.07) is 22.0. The summed E-state index contributed by atoms with van der Waals surface area (Å²) in [6.07, 6.45) is 2.28. The molecule has 0 spiro atoms. The van der Waals surface area contributed by atoms with Crippen molar-refractivity contribution in [3.8, 4) is 0 Å². The Morgan fingerprint density at radius 2 is 1.68 bits per heavy atom. The highest BCUT2D eigenvalue weighted by molar-refractivity contribution is 7.22. The number of hydrogen-bond acceptors (Lipinski definition) is 5. The van der Waals surface area contributed by atoms with Crippen molar-refractivity contribution in [2.75, 3.05) is 5.32 Å². The predicted octanol–water partition coefficient (Wildman–Crippen LogP) is 6.17. The molecular formula is C29H26ClN3O3S. The Morgan fingerprint density at radius 3 is 2.43 bits per heavy atom. The van der Waals surface area contributed by atoms with Crippen LogP contribution in [0.15, 0.2) is 72.8 Å². The number of halogens is 1. The van der Waals surface area contributed by atoms with E-state index in [0.717, 1.165) is 15.8 Å². The van der Waals surface area contributed by atoms with Gasteiger partial charge in [-0.05, 0) is 67.1 Å². The van der Waals surface area contributed by atoms with Crippen LogP contribution >= 0.6 is 22.9 Å². The number of aliphatic hydroxyl groups excluding tert-OH is 1.